The minimum Gasteiger partial charge on any atom is -0.463 e. The molecule has 0 spiro atoms. The number of hydrogen-bond acceptors (Lipinski definition) is 5. The first-order chi connectivity index (χ1) is 14.1. The Hall–Kier alpha value is -1.65. The molecule has 0 aliphatic heterocycles. The summed E-state index contributed by atoms with van der Waals surface area (Å²) in [6, 6.07) is 0. The topological polar surface area (TPSA) is 69.7 Å². The second-order valence-corrected chi connectivity index (χ2v) is 10.7. The second-order valence-electron chi connectivity index (χ2n) is 10.7. The van der Waals surface area contributed by atoms with Crippen LogP contribution in [0.5, 0.6) is 0 Å². The van der Waals surface area contributed by atoms with Crippen molar-refractivity contribution in [2.75, 3.05) is 0 Å². The molecule has 5 heteroatoms. The van der Waals surface area contributed by atoms with Crippen molar-refractivity contribution in [1.82, 2.24) is 0 Å². The van der Waals surface area contributed by atoms with Gasteiger partial charge in [0.15, 0.2) is 5.78 Å². The summed E-state index contributed by atoms with van der Waals surface area (Å²) < 4.78 is 11.7. The second kappa shape index (κ2) is 7.49. The number of rotatable bonds is 3. The van der Waals surface area contributed by atoms with Crippen molar-refractivity contribution in [3.63, 3.8) is 0 Å². The van der Waals surface area contributed by atoms with Crippen LogP contribution in [0.1, 0.15) is 79.6 Å². The number of carbonyl (C=O) groups excluding carboxylic acids is 3. The van der Waals surface area contributed by atoms with Crippen LogP contribution < -0.4 is 0 Å². The number of allylic oxidation sites excluding steroid dienone is 1. The van der Waals surface area contributed by atoms with Gasteiger partial charge in [-0.15, -0.1) is 0 Å². The maximum Gasteiger partial charge on any atom is 0.302 e. The normalized spacial score (nSPS) is 43.6. The van der Waals surface area contributed by atoms with E-state index in [2.05, 4.69) is 13.8 Å². The Morgan fingerprint density at radius 3 is 2.50 bits per heavy atom. The Labute approximate surface area is 179 Å². The first-order valence-corrected chi connectivity index (χ1v) is 11.6. The summed E-state index contributed by atoms with van der Waals surface area (Å²) in [5.74, 6) is 1.33. The molecular weight excluding hydrogens is 380 g/mol. The predicted octanol–water partition coefficient (Wildman–Crippen LogP) is 4.63. The van der Waals surface area contributed by atoms with Gasteiger partial charge in [-0.25, -0.2) is 0 Å². The van der Waals surface area contributed by atoms with E-state index in [0.29, 0.717) is 18.3 Å². The van der Waals surface area contributed by atoms with Crippen LogP contribution in [-0.4, -0.2) is 29.9 Å². The summed E-state index contributed by atoms with van der Waals surface area (Å²) >= 11 is 0. The smallest absolute Gasteiger partial charge is 0.302 e. The highest BCUT2D eigenvalue weighted by Crippen LogP contribution is 2.67. The number of ketones is 1. The van der Waals surface area contributed by atoms with Crippen molar-refractivity contribution in [1.29, 1.82) is 0 Å². The SMILES string of the molecule is CC(=O)OC(C)[C@H]1CC[C@H]2[C@@H]3CCC4=CC(=O)CC[C@]4(C)[C@H]3[C@H](OC(C)=O)C[C@]12C. The lowest BCUT2D eigenvalue weighted by molar-refractivity contribution is -0.180. The third kappa shape index (κ3) is 3.33. The predicted molar refractivity (Wildman–Crippen MR) is 112 cm³/mol. The van der Waals surface area contributed by atoms with Gasteiger partial charge >= 0.3 is 11.9 Å². The van der Waals surface area contributed by atoms with Gasteiger partial charge in [0.05, 0.1) is 0 Å². The van der Waals surface area contributed by atoms with Crippen molar-refractivity contribution in [3.05, 3.63) is 11.6 Å². The van der Waals surface area contributed by atoms with E-state index in [4.69, 9.17) is 9.47 Å². The Bertz CT molecular complexity index is 784. The number of esters is 2. The summed E-state index contributed by atoms with van der Waals surface area (Å²) in [5, 5.41) is 0. The van der Waals surface area contributed by atoms with Gasteiger partial charge in [-0.05, 0) is 74.2 Å². The Morgan fingerprint density at radius 2 is 1.83 bits per heavy atom. The zero-order chi connectivity index (χ0) is 21.8. The van der Waals surface area contributed by atoms with Crippen LogP contribution in [0, 0.1) is 34.5 Å². The summed E-state index contributed by atoms with van der Waals surface area (Å²) in [6.45, 7) is 9.63. The molecule has 0 N–H and O–H groups in total. The maximum absolute atomic E-state index is 12.1. The fraction of sp³-hybridized carbons (Fsp3) is 0.800. The van der Waals surface area contributed by atoms with Gasteiger partial charge in [-0.1, -0.05) is 19.4 Å². The molecule has 3 saturated carbocycles. The highest BCUT2D eigenvalue weighted by molar-refractivity contribution is 5.91. The van der Waals surface area contributed by atoms with Crippen molar-refractivity contribution >= 4 is 17.7 Å². The first kappa shape index (κ1) is 21.6. The molecule has 0 saturated heterocycles. The fourth-order valence-corrected chi connectivity index (χ4v) is 8.13. The Kier molecular flexibility index (Phi) is 5.39. The molecule has 0 amide bonds. The van der Waals surface area contributed by atoms with Gasteiger partial charge in [0.25, 0.3) is 0 Å². The van der Waals surface area contributed by atoms with Crippen molar-refractivity contribution in [2.45, 2.75) is 91.8 Å². The molecule has 0 heterocycles. The minimum absolute atomic E-state index is 0.0157. The first-order valence-electron chi connectivity index (χ1n) is 11.6. The molecular formula is C25H36O5. The van der Waals surface area contributed by atoms with Crippen LogP contribution in [0.15, 0.2) is 11.6 Å². The summed E-state index contributed by atoms with van der Waals surface area (Å²) in [6.07, 6.45) is 8.05. The molecule has 4 aliphatic carbocycles. The van der Waals surface area contributed by atoms with Crippen LogP contribution in [0.25, 0.3) is 0 Å². The number of carbonyl (C=O) groups is 3. The standard InChI is InChI=1S/C25H36O5/c1-14(29-15(2)26)20-8-9-21-19-7-6-17-12-18(28)10-11-24(17,4)23(19)22(30-16(3)27)13-25(20,21)5/h12,14,19-23H,6-11,13H2,1-5H3/t14?,19-,20+,21-,22+,23+,24-,25+/m0/s1. The van der Waals surface area contributed by atoms with E-state index < -0.39 is 0 Å². The van der Waals surface area contributed by atoms with Crippen LogP contribution >= 0.6 is 0 Å². The zero-order valence-electron chi connectivity index (χ0n) is 19.0. The van der Waals surface area contributed by atoms with Gasteiger partial charge in [-0.2, -0.15) is 0 Å². The van der Waals surface area contributed by atoms with Gasteiger partial charge in [0, 0.05) is 32.1 Å². The van der Waals surface area contributed by atoms with E-state index in [9.17, 15) is 14.4 Å². The summed E-state index contributed by atoms with van der Waals surface area (Å²) in [5.41, 5.74) is 1.18. The third-order valence-corrected chi connectivity index (χ3v) is 9.18. The van der Waals surface area contributed by atoms with E-state index in [0.717, 1.165) is 38.5 Å². The molecule has 1 unspecified atom stereocenters. The molecule has 4 rings (SSSR count). The van der Waals surface area contributed by atoms with Gasteiger partial charge in [-0.3, -0.25) is 14.4 Å². The average molecular weight is 417 g/mol. The van der Waals surface area contributed by atoms with Gasteiger partial charge in [0.1, 0.15) is 12.2 Å². The van der Waals surface area contributed by atoms with Crippen molar-refractivity contribution in [2.24, 2.45) is 34.5 Å². The Balaban J connectivity index is 1.71. The van der Waals surface area contributed by atoms with E-state index >= 15 is 0 Å². The average Bonchev–Trinajstić information content (AvgIpc) is 2.97. The number of ether oxygens (including phenoxy) is 2. The molecule has 4 aliphatic rings. The van der Waals surface area contributed by atoms with E-state index in [1.54, 1.807) is 0 Å². The van der Waals surface area contributed by atoms with Gasteiger partial charge in [0.2, 0.25) is 0 Å². The lowest BCUT2D eigenvalue weighted by Crippen LogP contribution is -2.58. The highest BCUT2D eigenvalue weighted by Gasteiger charge is 2.63. The molecule has 30 heavy (non-hydrogen) atoms. The molecule has 0 radical (unpaired) electrons. The Morgan fingerprint density at radius 1 is 1.10 bits per heavy atom. The molecule has 8 atom stereocenters. The van der Waals surface area contributed by atoms with E-state index in [1.807, 2.05) is 13.0 Å². The molecule has 5 nitrogen and oxygen atoms in total. The largest absolute Gasteiger partial charge is 0.463 e. The summed E-state index contributed by atoms with van der Waals surface area (Å²) in [4.78, 5) is 35.8. The molecule has 0 aromatic heterocycles. The van der Waals surface area contributed by atoms with E-state index in [-0.39, 0.29) is 52.6 Å². The third-order valence-electron chi connectivity index (χ3n) is 9.18. The highest BCUT2D eigenvalue weighted by atomic mass is 16.5. The monoisotopic (exact) mass is 416 g/mol. The zero-order valence-corrected chi connectivity index (χ0v) is 19.0. The van der Waals surface area contributed by atoms with Crippen LogP contribution in [0.2, 0.25) is 0 Å². The molecule has 0 aromatic rings. The summed E-state index contributed by atoms with van der Waals surface area (Å²) in [7, 11) is 0. The molecule has 166 valence electrons. The van der Waals surface area contributed by atoms with Crippen LogP contribution in [-0.2, 0) is 23.9 Å². The minimum atomic E-state index is -0.230. The molecule has 3 fully saturated rings. The maximum atomic E-state index is 12.1. The lowest BCUT2D eigenvalue weighted by atomic mass is 9.45. The van der Waals surface area contributed by atoms with Crippen molar-refractivity contribution < 1.29 is 23.9 Å². The van der Waals surface area contributed by atoms with Crippen molar-refractivity contribution in [3.8, 4) is 0 Å². The quantitative estimate of drug-likeness (QED) is 0.628. The van der Waals surface area contributed by atoms with Crippen LogP contribution in [0.3, 0.4) is 0 Å². The lowest BCUT2D eigenvalue weighted by Gasteiger charge is -2.60. The van der Waals surface area contributed by atoms with Gasteiger partial charge < -0.3 is 9.47 Å². The molecule has 0 aromatic carbocycles. The molecule has 0 bridgehead atoms. The van der Waals surface area contributed by atoms with E-state index in [1.165, 1.54) is 19.4 Å². The number of fused-ring (bicyclic) bond motifs is 5. The van der Waals surface area contributed by atoms with Crippen LogP contribution in [0.4, 0.5) is 0 Å². The number of hydrogen-bond donors (Lipinski definition) is 0. The fourth-order valence-electron chi connectivity index (χ4n) is 8.13.